The van der Waals surface area contributed by atoms with Gasteiger partial charge in [0.05, 0.1) is 0 Å². The van der Waals surface area contributed by atoms with Gasteiger partial charge in [0.2, 0.25) is 5.91 Å². The Morgan fingerprint density at radius 2 is 1.63 bits per heavy atom. The van der Waals surface area contributed by atoms with E-state index in [0.29, 0.717) is 13.1 Å². The third-order valence-electron chi connectivity index (χ3n) is 6.59. The maximum Gasteiger partial charge on any atom is 0.413 e. The van der Waals surface area contributed by atoms with E-state index in [1.807, 2.05) is 24.3 Å². The molecule has 1 atom stereocenters. The van der Waals surface area contributed by atoms with Crippen LogP contribution in [0.4, 0.5) is 4.79 Å². The molecule has 5 N–H and O–H groups in total. The Hall–Kier alpha value is -3.50. The molecule has 1 aliphatic carbocycles. The summed E-state index contributed by atoms with van der Waals surface area (Å²) in [5.74, 6) is -0.637. The van der Waals surface area contributed by atoms with Gasteiger partial charge in [-0.3, -0.25) is 14.9 Å². The number of carbonyl (C=O) groups excluding carboxylic acids is 3. The molecule has 1 unspecified atom stereocenters. The van der Waals surface area contributed by atoms with E-state index in [4.69, 9.17) is 27.4 Å². The predicted octanol–water partition coefficient (Wildman–Crippen LogP) is 4.48. The predicted molar refractivity (Wildman–Crippen MR) is 163 cm³/mol. The van der Waals surface area contributed by atoms with Crippen LogP contribution in [0.25, 0.3) is 11.1 Å². The number of amides is 2. The Bertz CT molecular complexity index is 1230. The lowest BCUT2D eigenvalue weighted by Gasteiger charge is -2.20. The zero-order valence-corrected chi connectivity index (χ0v) is 25.0. The van der Waals surface area contributed by atoms with Gasteiger partial charge in [-0.05, 0) is 86.5 Å². The molecular weight excluding hydrogens is 540 g/mol. The highest BCUT2D eigenvalue weighted by Crippen LogP contribution is 2.39. The third-order valence-corrected chi connectivity index (χ3v) is 6.83. The number of ether oxygens (including phenoxy) is 2. The summed E-state index contributed by atoms with van der Waals surface area (Å²) in [6.45, 7) is 6.70. The van der Waals surface area contributed by atoms with Gasteiger partial charge in [-0.2, -0.15) is 0 Å². The molecular formula is C31H42N4O5S. The van der Waals surface area contributed by atoms with Crippen LogP contribution in [0.2, 0.25) is 0 Å². The minimum absolute atomic E-state index is 0.133. The maximum absolute atomic E-state index is 12.5. The SMILES string of the molecule is CC(C)(C)OC(=O)NC(=S)NCCCCCCNC(=O)CCC(N)C(=O)OCc1cccc2c1-c1ccccc1C2. The lowest BCUT2D eigenvalue weighted by atomic mass is 10.00. The summed E-state index contributed by atoms with van der Waals surface area (Å²) in [7, 11) is 0. The number of esters is 1. The molecule has 222 valence electrons. The number of carbonyl (C=O) groups is 3. The van der Waals surface area contributed by atoms with E-state index in [-0.39, 0.29) is 30.5 Å². The highest BCUT2D eigenvalue weighted by atomic mass is 32.1. The molecule has 0 aromatic heterocycles. The first-order valence-electron chi connectivity index (χ1n) is 14.2. The van der Waals surface area contributed by atoms with Crippen molar-refractivity contribution in [3.8, 4) is 11.1 Å². The molecule has 0 fully saturated rings. The lowest BCUT2D eigenvalue weighted by Crippen LogP contribution is -2.42. The van der Waals surface area contributed by atoms with Gasteiger partial charge in [-0.1, -0.05) is 55.3 Å². The first-order chi connectivity index (χ1) is 19.5. The average Bonchev–Trinajstić information content (AvgIpc) is 3.30. The third kappa shape index (κ3) is 10.8. The van der Waals surface area contributed by atoms with Crippen LogP contribution in [0.15, 0.2) is 42.5 Å². The number of unbranched alkanes of at least 4 members (excludes halogenated alkanes) is 3. The average molecular weight is 583 g/mol. The zero-order valence-electron chi connectivity index (χ0n) is 24.2. The molecule has 2 aromatic carbocycles. The summed E-state index contributed by atoms with van der Waals surface area (Å²) < 4.78 is 10.7. The minimum atomic E-state index is -0.854. The van der Waals surface area contributed by atoms with Crippen molar-refractivity contribution in [2.24, 2.45) is 5.73 Å². The molecule has 10 heteroatoms. The molecule has 0 heterocycles. The van der Waals surface area contributed by atoms with Gasteiger partial charge < -0.3 is 25.8 Å². The van der Waals surface area contributed by atoms with Crippen LogP contribution < -0.4 is 21.7 Å². The molecule has 3 rings (SSSR count). The summed E-state index contributed by atoms with van der Waals surface area (Å²) in [6.07, 6.45) is 4.29. The van der Waals surface area contributed by atoms with Crippen molar-refractivity contribution in [3.63, 3.8) is 0 Å². The molecule has 41 heavy (non-hydrogen) atoms. The van der Waals surface area contributed by atoms with E-state index < -0.39 is 23.7 Å². The van der Waals surface area contributed by atoms with Crippen molar-refractivity contribution in [2.45, 2.75) is 84.0 Å². The standard InChI is InChI=1S/C31H42N4O5S/c1-31(2,3)40-30(38)35-29(41)34-18-9-5-4-8-17-33-26(36)16-15-25(32)28(37)39-20-23-13-10-12-22-19-21-11-6-7-14-24(21)27(22)23/h6-7,10-14,25H,4-5,8-9,15-20,32H2,1-3H3,(H,33,36)(H2,34,35,38,41). The van der Waals surface area contributed by atoms with E-state index in [9.17, 15) is 14.4 Å². The highest BCUT2D eigenvalue weighted by molar-refractivity contribution is 7.80. The molecule has 1 aliphatic rings. The molecule has 0 spiro atoms. The first-order valence-corrected chi connectivity index (χ1v) is 14.6. The largest absolute Gasteiger partial charge is 0.460 e. The Labute approximate surface area is 247 Å². The van der Waals surface area contributed by atoms with E-state index in [1.54, 1.807) is 20.8 Å². The second-order valence-corrected chi connectivity index (χ2v) is 11.6. The van der Waals surface area contributed by atoms with E-state index >= 15 is 0 Å². The fourth-order valence-corrected chi connectivity index (χ4v) is 4.80. The molecule has 0 radical (unpaired) electrons. The Balaban J connectivity index is 1.23. The van der Waals surface area contributed by atoms with Gasteiger partial charge in [0.15, 0.2) is 5.11 Å². The summed E-state index contributed by atoms with van der Waals surface area (Å²) in [4.78, 5) is 36.4. The van der Waals surface area contributed by atoms with Crippen LogP contribution in [0, 0.1) is 0 Å². The van der Waals surface area contributed by atoms with E-state index in [0.717, 1.165) is 43.2 Å². The molecule has 9 nitrogen and oxygen atoms in total. The van der Waals surface area contributed by atoms with Crippen molar-refractivity contribution in [1.82, 2.24) is 16.0 Å². The van der Waals surface area contributed by atoms with Crippen molar-refractivity contribution in [2.75, 3.05) is 13.1 Å². The number of nitrogens with two attached hydrogens (primary N) is 1. The Kier molecular flexibility index (Phi) is 12.1. The maximum atomic E-state index is 12.5. The van der Waals surface area contributed by atoms with Gasteiger partial charge in [0.1, 0.15) is 18.2 Å². The van der Waals surface area contributed by atoms with Crippen molar-refractivity contribution >= 4 is 35.3 Å². The van der Waals surface area contributed by atoms with Crippen molar-refractivity contribution in [1.29, 1.82) is 0 Å². The minimum Gasteiger partial charge on any atom is -0.460 e. The zero-order chi connectivity index (χ0) is 29.8. The van der Waals surface area contributed by atoms with Gasteiger partial charge in [-0.15, -0.1) is 0 Å². The smallest absolute Gasteiger partial charge is 0.413 e. The summed E-state index contributed by atoms with van der Waals surface area (Å²) in [6, 6.07) is 13.5. The molecule has 0 saturated heterocycles. The van der Waals surface area contributed by atoms with Gasteiger partial charge >= 0.3 is 12.1 Å². The van der Waals surface area contributed by atoms with Gasteiger partial charge in [0.25, 0.3) is 0 Å². The van der Waals surface area contributed by atoms with E-state index in [1.165, 1.54) is 16.7 Å². The van der Waals surface area contributed by atoms with Crippen LogP contribution in [0.3, 0.4) is 0 Å². The molecule has 0 saturated carbocycles. The number of fused-ring (bicyclic) bond motifs is 3. The monoisotopic (exact) mass is 582 g/mol. The second-order valence-electron chi connectivity index (χ2n) is 11.2. The molecule has 0 aliphatic heterocycles. The fourth-order valence-electron chi connectivity index (χ4n) is 4.61. The van der Waals surface area contributed by atoms with Crippen LogP contribution >= 0.6 is 12.2 Å². The Morgan fingerprint density at radius 1 is 0.951 bits per heavy atom. The van der Waals surface area contributed by atoms with Crippen LogP contribution in [-0.4, -0.2) is 47.8 Å². The van der Waals surface area contributed by atoms with Crippen LogP contribution in [0.5, 0.6) is 0 Å². The number of benzene rings is 2. The topological polar surface area (TPSA) is 132 Å². The normalized spacial score (nSPS) is 12.5. The fraction of sp³-hybridized carbons (Fsp3) is 0.484. The number of hydrogen-bond acceptors (Lipinski definition) is 7. The van der Waals surface area contributed by atoms with Crippen LogP contribution in [0.1, 0.15) is 76.0 Å². The second kappa shape index (κ2) is 15.5. The number of rotatable bonds is 13. The van der Waals surface area contributed by atoms with Crippen molar-refractivity contribution in [3.05, 3.63) is 59.2 Å². The Morgan fingerprint density at radius 3 is 2.37 bits per heavy atom. The van der Waals surface area contributed by atoms with Gasteiger partial charge in [-0.25, -0.2) is 4.79 Å². The van der Waals surface area contributed by atoms with Gasteiger partial charge in [0, 0.05) is 19.5 Å². The number of nitrogens with one attached hydrogen (secondary N) is 3. The van der Waals surface area contributed by atoms with E-state index in [2.05, 4.69) is 34.1 Å². The number of thiocarbonyl (C=S) groups is 1. The number of hydrogen-bond donors (Lipinski definition) is 4. The van der Waals surface area contributed by atoms with Crippen molar-refractivity contribution < 1.29 is 23.9 Å². The highest BCUT2D eigenvalue weighted by Gasteiger charge is 2.22. The summed E-state index contributed by atoms with van der Waals surface area (Å²) in [5, 5.41) is 8.58. The summed E-state index contributed by atoms with van der Waals surface area (Å²) in [5.41, 5.74) is 11.2. The summed E-state index contributed by atoms with van der Waals surface area (Å²) >= 11 is 5.09. The quantitative estimate of drug-likeness (QED) is 0.132. The number of alkyl carbamates (subject to hydrolysis) is 1. The molecule has 2 aromatic rings. The molecule has 0 bridgehead atoms. The lowest BCUT2D eigenvalue weighted by molar-refractivity contribution is -0.146. The first kappa shape index (κ1) is 32.0. The van der Waals surface area contributed by atoms with Crippen LogP contribution in [-0.2, 0) is 32.1 Å². The molecule has 2 amide bonds.